The Morgan fingerprint density at radius 3 is 2.67 bits per heavy atom. The lowest BCUT2D eigenvalue weighted by atomic mass is 10.1. The van der Waals surface area contributed by atoms with E-state index in [1.54, 1.807) is 11.1 Å². The number of carbonyl (C=O) groups is 2. The lowest BCUT2D eigenvalue weighted by Crippen LogP contribution is -2.34. The summed E-state index contributed by atoms with van der Waals surface area (Å²) in [6.45, 7) is 3.07. The van der Waals surface area contributed by atoms with Crippen LogP contribution in [-0.2, 0) is 22.4 Å². The summed E-state index contributed by atoms with van der Waals surface area (Å²) in [4.78, 5) is 26.9. The molecule has 0 bridgehead atoms. The number of rotatable bonds is 7. The number of nitrogens with one attached hydrogen (secondary N) is 1. The standard InChI is InChI=1S/C24H26N4O2/c1-2-19-6-3-4-7-22(19)27-17-20(16-23(27)29)24(30)25-14-12-18-8-10-21(11-9-18)28-15-5-13-26-28/h3-11,13,15,20H,2,12,14,16-17H2,1H3,(H,25,30). The number of aromatic nitrogens is 2. The second-order valence-corrected chi connectivity index (χ2v) is 7.55. The van der Waals surface area contributed by atoms with Crippen molar-refractivity contribution in [1.29, 1.82) is 0 Å². The smallest absolute Gasteiger partial charge is 0.227 e. The topological polar surface area (TPSA) is 67.2 Å². The molecule has 2 amide bonds. The van der Waals surface area contributed by atoms with Crippen molar-refractivity contribution < 1.29 is 9.59 Å². The SMILES string of the molecule is CCc1ccccc1N1CC(C(=O)NCCc2ccc(-n3cccn3)cc2)CC1=O. The van der Waals surface area contributed by atoms with Gasteiger partial charge < -0.3 is 10.2 Å². The van der Waals surface area contributed by atoms with Gasteiger partial charge in [-0.3, -0.25) is 9.59 Å². The second kappa shape index (κ2) is 8.95. The highest BCUT2D eigenvalue weighted by Gasteiger charge is 2.35. The van der Waals surface area contributed by atoms with Crippen molar-refractivity contribution in [1.82, 2.24) is 15.1 Å². The molecule has 0 radical (unpaired) electrons. The summed E-state index contributed by atoms with van der Waals surface area (Å²) >= 11 is 0. The van der Waals surface area contributed by atoms with E-state index in [0.717, 1.165) is 35.3 Å². The van der Waals surface area contributed by atoms with Crippen LogP contribution in [0.2, 0.25) is 0 Å². The zero-order valence-corrected chi connectivity index (χ0v) is 17.1. The maximum atomic E-state index is 12.6. The molecule has 1 aliphatic heterocycles. The molecule has 1 saturated heterocycles. The molecular formula is C24H26N4O2. The molecule has 1 fully saturated rings. The van der Waals surface area contributed by atoms with Crippen LogP contribution in [0.5, 0.6) is 0 Å². The van der Waals surface area contributed by atoms with E-state index in [1.807, 2.05) is 65.5 Å². The van der Waals surface area contributed by atoms with Crippen LogP contribution < -0.4 is 10.2 Å². The van der Waals surface area contributed by atoms with E-state index in [1.165, 1.54) is 0 Å². The van der Waals surface area contributed by atoms with Gasteiger partial charge in [-0.25, -0.2) is 4.68 Å². The van der Waals surface area contributed by atoms with Crippen LogP contribution in [-0.4, -0.2) is 34.7 Å². The van der Waals surface area contributed by atoms with Crippen LogP contribution in [0.4, 0.5) is 5.69 Å². The van der Waals surface area contributed by atoms with Gasteiger partial charge in [0, 0.05) is 37.6 Å². The van der Waals surface area contributed by atoms with Crippen LogP contribution in [0.25, 0.3) is 5.69 Å². The molecule has 6 heteroatoms. The Kier molecular flexibility index (Phi) is 5.93. The number of anilines is 1. The largest absolute Gasteiger partial charge is 0.355 e. The van der Waals surface area contributed by atoms with Crippen LogP contribution in [0.1, 0.15) is 24.5 Å². The van der Waals surface area contributed by atoms with Gasteiger partial charge in [-0.15, -0.1) is 0 Å². The van der Waals surface area contributed by atoms with Crippen LogP contribution in [0.3, 0.4) is 0 Å². The Morgan fingerprint density at radius 1 is 1.13 bits per heavy atom. The van der Waals surface area contributed by atoms with Gasteiger partial charge >= 0.3 is 0 Å². The number of hydrogen-bond acceptors (Lipinski definition) is 3. The average molecular weight is 402 g/mol. The van der Waals surface area contributed by atoms with E-state index < -0.39 is 0 Å². The van der Waals surface area contributed by atoms with Crippen molar-refractivity contribution >= 4 is 17.5 Å². The zero-order chi connectivity index (χ0) is 20.9. The molecule has 3 aromatic rings. The maximum Gasteiger partial charge on any atom is 0.227 e. The molecule has 4 rings (SSSR count). The molecule has 1 atom stereocenters. The van der Waals surface area contributed by atoms with Crippen molar-refractivity contribution in [3.63, 3.8) is 0 Å². The van der Waals surface area contributed by atoms with E-state index in [0.29, 0.717) is 13.1 Å². The Balaban J connectivity index is 1.30. The molecule has 154 valence electrons. The summed E-state index contributed by atoms with van der Waals surface area (Å²) in [6.07, 6.45) is 5.52. The Labute approximate surface area is 176 Å². The van der Waals surface area contributed by atoms with Crippen molar-refractivity contribution in [3.05, 3.63) is 78.1 Å². The molecule has 0 aliphatic carbocycles. The van der Waals surface area contributed by atoms with Gasteiger partial charge in [0.25, 0.3) is 0 Å². The van der Waals surface area contributed by atoms with Gasteiger partial charge in [-0.05, 0) is 48.2 Å². The molecule has 2 heterocycles. The molecule has 2 aromatic carbocycles. The second-order valence-electron chi connectivity index (χ2n) is 7.55. The van der Waals surface area contributed by atoms with E-state index in [-0.39, 0.29) is 24.2 Å². The fraction of sp³-hybridized carbons (Fsp3) is 0.292. The molecular weight excluding hydrogens is 376 g/mol. The normalized spacial score (nSPS) is 16.1. The minimum Gasteiger partial charge on any atom is -0.355 e. The third kappa shape index (κ3) is 4.27. The Bertz CT molecular complexity index is 1010. The molecule has 1 aromatic heterocycles. The highest BCUT2D eigenvalue weighted by Crippen LogP contribution is 2.28. The first kappa shape index (κ1) is 19.9. The van der Waals surface area contributed by atoms with Gasteiger partial charge in [0.05, 0.1) is 11.6 Å². The number of amides is 2. The van der Waals surface area contributed by atoms with Gasteiger partial charge in [-0.2, -0.15) is 5.10 Å². The number of hydrogen-bond donors (Lipinski definition) is 1. The number of carbonyl (C=O) groups excluding carboxylic acids is 2. The molecule has 1 unspecified atom stereocenters. The Morgan fingerprint density at radius 2 is 1.93 bits per heavy atom. The highest BCUT2D eigenvalue weighted by atomic mass is 16.2. The summed E-state index contributed by atoms with van der Waals surface area (Å²) in [7, 11) is 0. The summed E-state index contributed by atoms with van der Waals surface area (Å²) in [6, 6.07) is 17.9. The van der Waals surface area contributed by atoms with Gasteiger partial charge in [0.15, 0.2) is 0 Å². The van der Waals surface area contributed by atoms with E-state index in [9.17, 15) is 9.59 Å². The van der Waals surface area contributed by atoms with Crippen LogP contribution >= 0.6 is 0 Å². The molecule has 6 nitrogen and oxygen atoms in total. The number of benzene rings is 2. The average Bonchev–Trinajstić information content (AvgIpc) is 3.44. The third-order valence-corrected chi connectivity index (χ3v) is 5.58. The van der Waals surface area contributed by atoms with Gasteiger partial charge in [0.1, 0.15) is 0 Å². The number of nitrogens with zero attached hydrogens (tertiary/aromatic N) is 3. The lowest BCUT2D eigenvalue weighted by molar-refractivity contribution is -0.126. The molecule has 1 aliphatic rings. The minimum atomic E-state index is -0.301. The van der Waals surface area contributed by atoms with Crippen LogP contribution in [0, 0.1) is 5.92 Å². The van der Waals surface area contributed by atoms with Gasteiger partial charge in [-0.1, -0.05) is 37.3 Å². The van der Waals surface area contributed by atoms with E-state index in [4.69, 9.17) is 0 Å². The minimum absolute atomic E-state index is 0.0188. The first-order chi connectivity index (χ1) is 14.7. The van der Waals surface area contributed by atoms with Gasteiger partial charge in [0.2, 0.25) is 11.8 Å². The molecule has 0 saturated carbocycles. The summed E-state index contributed by atoms with van der Waals surface area (Å²) in [5.41, 5.74) is 4.21. The molecule has 0 spiro atoms. The van der Waals surface area contributed by atoms with Crippen molar-refractivity contribution in [2.45, 2.75) is 26.2 Å². The zero-order valence-electron chi connectivity index (χ0n) is 17.1. The number of aryl methyl sites for hydroxylation is 1. The monoisotopic (exact) mass is 402 g/mol. The molecule has 30 heavy (non-hydrogen) atoms. The van der Waals surface area contributed by atoms with Crippen LogP contribution in [0.15, 0.2) is 67.0 Å². The predicted molar refractivity (Wildman–Crippen MR) is 117 cm³/mol. The quantitative estimate of drug-likeness (QED) is 0.660. The lowest BCUT2D eigenvalue weighted by Gasteiger charge is -2.20. The summed E-state index contributed by atoms with van der Waals surface area (Å²) in [5.74, 6) is -0.331. The predicted octanol–water partition coefficient (Wildman–Crippen LogP) is 3.15. The first-order valence-corrected chi connectivity index (χ1v) is 10.4. The summed E-state index contributed by atoms with van der Waals surface area (Å²) < 4.78 is 1.81. The summed E-state index contributed by atoms with van der Waals surface area (Å²) in [5, 5.41) is 7.22. The number of para-hydroxylation sites is 1. The fourth-order valence-corrected chi connectivity index (χ4v) is 3.90. The van der Waals surface area contributed by atoms with E-state index in [2.05, 4.69) is 17.3 Å². The van der Waals surface area contributed by atoms with E-state index >= 15 is 0 Å². The maximum absolute atomic E-state index is 12.6. The molecule has 1 N–H and O–H groups in total. The third-order valence-electron chi connectivity index (χ3n) is 5.58. The Hall–Kier alpha value is -3.41. The first-order valence-electron chi connectivity index (χ1n) is 10.4. The highest BCUT2D eigenvalue weighted by molar-refractivity contribution is 6.00. The van der Waals surface area contributed by atoms with Crippen molar-refractivity contribution in [2.75, 3.05) is 18.0 Å². The van der Waals surface area contributed by atoms with Crippen molar-refractivity contribution in [2.24, 2.45) is 5.92 Å². The fourth-order valence-electron chi connectivity index (χ4n) is 3.90. The van der Waals surface area contributed by atoms with Crippen molar-refractivity contribution in [3.8, 4) is 5.69 Å².